The molecule has 2 N–H and O–H groups in total. The van der Waals surface area contributed by atoms with Crippen molar-refractivity contribution in [2.24, 2.45) is 0 Å². The normalized spacial score (nSPS) is 11.1. The quantitative estimate of drug-likeness (QED) is 0.413. The second-order valence-corrected chi connectivity index (χ2v) is 9.12. The van der Waals surface area contributed by atoms with Crippen LogP contribution in [0.15, 0.2) is 72.1 Å². The van der Waals surface area contributed by atoms with E-state index in [0.29, 0.717) is 28.8 Å². The molecule has 10 nitrogen and oxygen atoms in total. The van der Waals surface area contributed by atoms with Crippen LogP contribution in [0.5, 0.6) is 11.6 Å². The van der Waals surface area contributed by atoms with E-state index in [4.69, 9.17) is 4.74 Å². The highest BCUT2D eigenvalue weighted by Gasteiger charge is 2.14. The molecule has 0 unspecified atom stereocenters. The SMILES string of the molecule is CC(=O)Nc1ccc(S(=O)(=O)Nc2ccc(Oc3cc(-n4cnc(C)c4C)ncn3)cc2)cc1. The Morgan fingerprint density at radius 3 is 2.24 bits per heavy atom. The van der Waals surface area contributed by atoms with Crippen LogP contribution in [0.4, 0.5) is 11.4 Å². The van der Waals surface area contributed by atoms with Crippen LogP contribution in [0.25, 0.3) is 5.82 Å². The number of hydrogen-bond donors (Lipinski definition) is 2. The van der Waals surface area contributed by atoms with Gasteiger partial charge in [0, 0.05) is 30.1 Å². The van der Waals surface area contributed by atoms with Crippen molar-refractivity contribution in [3.05, 3.63) is 78.6 Å². The zero-order valence-electron chi connectivity index (χ0n) is 18.7. The number of aryl methyl sites for hydroxylation is 1. The summed E-state index contributed by atoms with van der Waals surface area (Å²) in [5, 5.41) is 2.59. The molecular weight excluding hydrogens is 456 g/mol. The van der Waals surface area contributed by atoms with Crippen LogP contribution >= 0.6 is 0 Å². The Labute approximate surface area is 196 Å². The van der Waals surface area contributed by atoms with Gasteiger partial charge in [-0.2, -0.15) is 0 Å². The van der Waals surface area contributed by atoms with Crippen molar-refractivity contribution in [3.63, 3.8) is 0 Å². The first-order valence-corrected chi connectivity index (χ1v) is 11.7. The molecule has 0 aliphatic rings. The first kappa shape index (κ1) is 22.9. The number of sulfonamides is 1. The van der Waals surface area contributed by atoms with Gasteiger partial charge in [-0.25, -0.2) is 23.4 Å². The second kappa shape index (κ2) is 9.32. The fourth-order valence-corrected chi connectivity index (χ4v) is 4.15. The monoisotopic (exact) mass is 478 g/mol. The Morgan fingerprint density at radius 2 is 1.62 bits per heavy atom. The van der Waals surface area contributed by atoms with Gasteiger partial charge in [0.05, 0.1) is 10.6 Å². The zero-order chi connectivity index (χ0) is 24.3. The average Bonchev–Trinajstić information content (AvgIpc) is 3.13. The minimum Gasteiger partial charge on any atom is -0.439 e. The maximum atomic E-state index is 12.7. The minimum absolute atomic E-state index is 0.0699. The number of carbonyl (C=O) groups is 1. The van der Waals surface area contributed by atoms with Crippen LogP contribution in [0.3, 0.4) is 0 Å². The Hall–Kier alpha value is -4.25. The standard InChI is InChI=1S/C23H22N6O4S/c1-15-16(2)29(14-26-15)22-12-23(25-13-24-22)33-20-8-4-19(5-9-20)28-34(31,32)21-10-6-18(7-11-21)27-17(3)30/h4-14,28H,1-3H3,(H,27,30). The fraction of sp³-hybridized carbons (Fsp3) is 0.130. The Morgan fingerprint density at radius 1 is 0.941 bits per heavy atom. The number of amides is 1. The number of aromatic nitrogens is 4. The molecule has 4 rings (SSSR count). The predicted molar refractivity (Wildman–Crippen MR) is 127 cm³/mol. The summed E-state index contributed by atoms with van der Waals surface area (Å²) < 4.78 is 35.5. The van der Waals surface area contributed by atoms with E-state index >= 15 is 0 Å². The van der Waals surface area contributed by atoms with Crippen molar-refractivity contribution in [1.82, 2.24) is 19.5 Å². The molecule has 4 aromatic rings. The summed E-state index contributed by atoms with van der Waals surface area (Å²) in [7, 11) is -3.80. The van der Waals surface area contributed by atoms with Crippen LogP contribution in [-0.2, 0) is 14.8 Å². The van der Waals surface area contributed by atoms with Crippen molar-refractivity contribution < 1.29 is 17.9 Å². The number of anilines is 2. The molecule has 0 aliphatic carbocycles. The molecule has 0 aliphatic heterocycles. The van der Waals surface area contributed by atoms with E-state index < -0.39 is 10.0 Å². The molecule has 34 heavy (non-hydrogen) atoms. The molecule has 0 bridgehead atoms. The molecule has 0 atom stereocenters. The van der Waals surface area contributed by atoms with E-state index in [0.717, 1.165) is 11.4 Å². The number of benzene rings is 2. The maximum Gasteiger partial charge on any atom is 0.261 e. The Balaban J connectivity index is 1.45. The number of carbonyl (C=O) groups excluding carboxylic acids is 1. The van der Waals surface area contributed by atoms with Crippen molar-refractivity contribution in [2.45, 2.75) is 25.7 Å². The van der Waals surface area contributed by atoms with Crippen LogP contribution in [0, 0.1) is 13.8 Å². The van der Waals surface area contributed by atoms with Crippen LogP contribution in [0.1, 0.15) is 18.3 Å². The van der Waals surface area contributed by atoms with Gasteiger partial charge in [-0.1, -0.05) is 0 Å². The zero-order valence-corrected chi connectivity index (χ0v) is 19.5. The molecule has 0 radical (unpaired) electrons. The summed E-state index contributed by atoms with van der Waals surface area (Å²) in [4.78, 5) is 23.9. The summed E-state index contributed by atoms with van der Waals surface area (Å²) in [5.41, 5.74) is 2.75. The van der Waals surface area contributed by atoms with Gasteiger partial charge >= 0.3 is 0 Å². The predicted octanol–water partition coefficient (Wildman–Crippen LogP) is 3.83. The van der Waals surface area contributed by atoms with E-state index in [2.05, 4.69) is 25.0 Å². The number of rotatable bonds is 7. The third kappa shape index (κ3) is 5.21. The lowest BCUT2D eigenvalue weighted by molar-refractivity contribution is -0.114. The molecule has 1 amide bonds. The molecule has 2 heterocycles. The lowest BCUT2D eigenvalue weighted by atomic mass is 10.3. The van der Waals surface area contributed by atoms with E-state index in [9.17, 15) is 13.2 Å². The van der Waals surface area contributed by atoms with Gasteiger partial charge in [-0.05, 0) is 62.4 Å². The first-order valence-electron chi connectivity index (χ1n) is 10.2. The van der Waals surface area contributed by atoms with Gasteiger partial charge in [0.25, 0.3) is 10.0 Å². The first-order chi connectivity index (χ1) is 16.2. The summed E-state index contributed by atoms with van der Waals surface area (Å²) in [6.07, 6.45) is 3.09. The van der Waals surface area contributed by atoms with Gasteiger partial charge in [-0.3, -0.25) is 14.1 Å². The van der Waals surface area contributed by atoms with Gasteiger partial charge in [-0.15, -0.1) is 0 Å². The molecule has 0 fully saturated rings. The van der Waals surface area contributed by atoms with Crippen molar-refractivity contribution in [2.75, 3.05) is 10.0 Å². The number of imidazole rings is 1. The van der Waals surface area contributed by atoms with Crippen LogP contribution in [0.2, 0.25) is 0 Å². The molecule has 174 valence electrons. The molecular formula is C23H22N6O4S. The van der Waals surface area contributed by atoms with Gasteiger partial charge < -0.3 is 10.1 Å². The summed E-state index contributed by atoms with van der Waals surface area (Å²) in [6.45, 7) is 5.24. The maximum absolute atomic E-state index is 12.7. The Bertz CT molecular complexity index is 1430. The van der Waals surface area contributed by atoms with Crippen molar-refractivity contribution >= 4 is 27.3 Å². The van der Waals surface area contributed by atoms with Gasteiger partial charge in [0.2, 0.25) is 11.8 Å². The lowest BCUT2D eigenvalue weighted by Crippen LogP contribution is -2.13. The van der Waals surface area contributed by atoms with E-state index in [1.807, 2.05) is 18.4 Å². The Kier molecular flexibility index (Phi) is 6.28. The highest BCUT2D eigenvalue weighted by Crippen LogP contribution is 2.24. The largest absolute Gasteiger partial charge is 0.439 e. The number of nitrogens with one attached hydrogen (secondary N) is 2. The summed E-state index contributed by atoms with van der Waals surface area (Å²) in [5.74, 6) is 1.20. The highest BCUT2D eigenvalue weighted by molar-refractivity contribution is 7.92. The topological polar surface area (TPSA) is 128 Å². The fourth-order valence-electron chi connectivity index (χ4n) is 3.09. The molecule has 2 aromatic heterocycles. The number of ether oxygens (including phenoxy) is 1. The lowest BCUT2D eigenvalue weighted by Gasteiger charge is -2.11. The molecule has 11 heteroatoms. The molecule has 2 aromatic carbocycles. The molecule has 0 saturated heterocycles. The second-order valence-electron chi connectivity index (χ2n) is 7.44. The summed E-state index contributed by atoms with van der Waals surface area (Å²) in [6, 6.07) is 14.0. The third-order valence-electron chi connectivity index (χ3n) is 4.94. The smallest absolute Gasteiger partial charge is 0.261 e. The van der Waals surface area contributed by atoms with Crippen LogP contribution in [-0.4, -0.2) is 33.8 Å². The molecule has 0 spiro atoms. The minimum atomic E-state index is -3.80. The van der Waals surface area contributed by atoms with Gasteiger partial charge in [0.15, 0.2) is 0 Å². The number of nitrogens with zero attached hydrogens (tertiary/aromatic N) is 4. The molecule has 0 saturated carbocycles. The van der Waals surface area contributed by atoms with E-state index in [1.165, 1.54) is 37.5 Å². The van der Waals surface area contributed by atoms with Crippen molar-refractivity contribution in [1.29, 1.82) is 0 Å². The number of hydrogen-bond acceptors (Lipinski definition) is 7. The highest BCUT2D eigenvalue weighted by atomic mass is 32.2. The van der Waals surface area contributed by atoms with Crippen molar-refractivity contribution in [3.8, 4) is 17.4 Å². The van der Waals surface area contributed by atoms with E-state index in [-0.39, 0.29) is 10.8 Å². The third-order valence-corrected chi connectivity index (χ3v) is 6.34. The summed E-state index contributed by atoms with van der Waals surface area (Å²) >= 11 is 0. The average molecular weight is 479 g/mol. The van der Waals surface area contributed by atoms with E-state index in [1.54, 1.807) is 36.7 Å². The van der Waals surface area contributed by atoms with Gasteiger partial charge in [0.1, 0.15) is 24.2 Å². The van der Waals surface area contributed by atoms with Crippen LogP contribution < -0.4 is 14.8 Å².